The van der Waals surface area contributed by atoms with Gasteiger partial charge in [-0.15, -0.1) is 11.3 Å². The van der Waals surface area contributed by atoms with Crippen LogP contribution in [0.15, 0.2) is 36.2 Å². The molecule has 6 heteroatoms. The second-order valence-electron chi connectivity index (χ2n) is 3.11. The van der Waals surface area contributed by atoms with Gasteiger partial charge in [-0.3, -0.25) is 10.1 Å². The Hall–Kier alpha value is -2.08. The van der Waals surface area contributed by atoms with Crippen LogP contribution in [0.5, 0.6) is 0 Å². The van der Waals surface area contributed by atoms with E-state index in [2.05, 4.69) is 25.1 Å². The summed E-state index contributed by atoms with van der Waals surface area (Å²) < 4.78 is 0. The molecule has 0 aliphatic carbocycles. The molecule has 0 aliphatic rings. The third-order valence-electron chi connectivity index (χ3n) is 2.09. The summed E-state index contributed by atoms with van der Waals surface area (Å²) in [5.74, 6) is 0.691. The third kappa shape index (κ3) is 1.59. The first kappa shape index (κ1) is 9.17. The molecule has 0 radical (unpaired) electrons. The van der Waals surface area contributed by atoms with E-state index >= 15 is 0 Å². The molecular formula is C10H7N5S. The van der Waals surface area contributed by atoms with Crippen molar-refractivity contribution in [3.8, 4) is 22.1 Å². The minimum absolute atomic E-state index is 0.691. The molecule has 3 aromatic rings. The average Bonchev–Trinajstić information content (AvgIpc) is 3.01. The van der Waals surface area contributed by atoms with Crippen molar-refractivity contribution in [2.24, 2.45) is 0 Å². The smallest absolute Gasteiger partial charge is 0.174 e. The second kappa shape index (κ2) is 3.82. The maximum Gasteiger partial charge on any atom is 0.174 e. The maximum atomic E-state index is 4.48. The van der Waals surface area contributed by atoms with Crippen LogP contribution in [0.2, 0.25) is 0 Å². The van der Waals surface area contributed by atoms with Crippen LogP contribution in [-0.2, 0) is 0 Å². The molecular weight excluding hydrogens is 222 g/mol. The van der Waals surface area contributed by atoms with E-state index in [1.54, 1.807) is 23.7 Å². The molecule has 3 heterocycles. The van der Waals surface area contributed by atoms with E-state index in [-0.39, 0.29) is 0 Å². The highest BCUT2D eigenvalue weighted by Gasteiger charge is 2.07. The highest BCUT2D eigenvalue weighted by molar-refractivity contribution is 7.13. The van der Waals surface area contributed by atoms with E-state index in [1.807, 2.05) is 17.5 Å². The number of thiazole rings is 1. The van der Waals surface area contributed by atoms with Gasteiger partial charge in [-0.1, -0.05) is 0 Å². The number of hydrogen-bond donors (Lipinski definition) is 1. The van der Waals surface area contributed by atoms with Gasteiger partial charge in [0.25, 0.3) is 0 Å². The summed E-state index contributed by atoms with van der Waals surface area (Å²) >= 11 is 1.57. The molecule has 0 saturated heterocycles. The minimum Gasteiger partial charge on any atom is -0.265 e. The minimum atomic E-state index is 0.691. The number of nitrogens with zero attached hydrogens (tertiary/aromatic N) is 4. The summed E-state index contributed by atoms with van der Waals surface area (Å²) in [5.41, 5.74) is 1.88. The number of aromatic nitrogens is 5. The predicted molar refractivity (Wildman–Crippen MR) is 60.7 cm³/mol. The molecule has 0 aromatic carbocycles. The van der Waals surface area contributed by atoms with Gasteiger partial charge in [0, 0.05) is 23.3 Å². The normalized spacial score (nSPS) is 10.5. The summed E-state index contributed by atoms with van der Waals surface area (Å²) in [7, 11) is 0. The summed E-state index contributed by atoms with van der Waals surface area (Å²) in [6.07, 6.45) is 4.98. The fourth-order valence-corrected chi connectivity index (χ4v) is 2.15. The molecule has 0 unspecified atom stereocenters. The van der Waals surface area contributed by atoms with Crippen molar-refractivity contribution >= 4 is 11.3 Å². The standard InChI is InChI=1S/C10H7N5S/c1-3-11-4-2-7(1)10-14-8(5-16-10)9-12-6-13-15-9/h1-6H,(H,12,13,15). The van der Waals surface area contributed by atoms with Crippen molar-refractivity contribution in [1.29, 1.82) is 0 Å². The molecule has 0 saturated carbocycles. The number of hydrogen-bond acceptors (Lipinski definition) is 5. The van der Waals surface area contributed by atoms with Crippen molar-refractivity contribution in [2.75, 3.05) is 0 Å². The van der Waals surface area contributed by atoms with Gasteiger partial charge >= 0.3 is 0 Å². The van der Waals surface area contributed by atoms with Crippen LogP contribution in [-0.4, -0.2) is 25.1 Å². The molecule has 5 nitrogen and oxygen atoms in total. The van der Waals surface area contributed by atoms with Gasteiger partial charge in [0.15, 0.2) is 5.82 Å². The monoisotopic (exact) mass is 229 g/mol. The molecule has 0 amide bonds. The van der Waals surface area contributed by atoms with Crippen molar-refractivity contribution in [2.45, 2.75) is 0 Å². The van der Waals surface area contributed by atoms with E-state index in [0.29, 0.717) is 5.82 Å². The lowest BCUT2D eigenvalue weighted by Crippen LogP contribution is -1.81. The van der Waals surface area contributed by atoms with Crippen molar-refractivity contribution in [3.63, 3.8) is 0 Å². The van der Waals surface area contributed by atoms with Gasteiger partial charge in [0.1, 0.15) is 17.0 Å². The van der Waals surface area contributed by atoms with Crippen molar-refractivity contribution < 1.29 is 0 Å². The lowest BCUT2D eigenvalue weighted by molar-refractivity contribution is 1.09. The van der Waals surface area contributed by atoms with E-state index < -0.39 is 0 Å². The van der Waals surface area contributed by atoms with E-state index in [1.165, 1.54) is 6.33 Å². The molecule has 16 heavy (non-hydrogen) atoms. The molecule has 0 atom stereocenters. The number of H-pyrrole nitrogens is 1. The van der Waals surface area contributed by atoms with Crippen molar-refractivity contribution in [3.05, 3.63) is 36.2 Å². The van der Waals surface area contributed by atoms with Gasteiger partial charge in [-0.05, 0) is 12.1 Å². The SMILES string of the molecule is c1cc(-c2nc(-c3ncn[nH]3)cs2)ccn1. The van der Waals surface area contributed by atoms with Crippen LogP contribution < -0.4 is 0 Å². The lowest BCUT2D eigenvalue weighted by Gasteiger charge is -1.92. The maximum absolute atomic E-state index is 4.48. The first-order valence-electron chi connectivity index (χ1n) is 4.65. The Morgan fingerprint density at radius 2 is 2.06 bits per heavy atom. The highest BCUT2D eigenvalue weighted by Crippen LogP contribution is 2.26. The molecule has 3 aromatic heterocycles. The number of pyridine rings is 1. The molecule has 1 N–H and O–H groups in total. The van der Waals surface area contributed by atoms with Crippen LogP contribution >= 0.6 is 11.3 Å². The topological polar surface area (TPSA) is 67.3 Å². The zero-order chi connectivity index (χ0) is 10.8. The third-order valence-corrected chi connectivity index (χ3v) is 2.98. The number of aromatic amines is 1. The molecule has 3 rings (SSSR count). The molecule has 78 valence electrons. The van der Waals surface area contributed by atoms with Gasteiger partial charge in [0.05, 0.1) is 0 Å². The lowest BCUT2D eigenvalue weighted by atomic mass is 10.3. The Morgan fingerprint density at radius 1 is 1.19 bits per heavy atom. The van der Waals surface area contributed by atoms with E-state index in [9.17, 15) is 0 Å². The number of nitrogens with one attached hydrogen (secondary N) is 1. The fourth-order valence-electron chi connectivity index (χ4n) is 1.34. The summed E-state index contributed by atoms with van der Waals surface area (Å²) in [6.45, 7) is 0. The second-order valence-corrected chi connectivity index (χ2v) is 3.97. The van der Waals surface area contributed by atoms with Gasteiger partial charge in [-0.2, -0.15) is 5.10 Å². The van der Waals surface area contributed by atoms with Crippen LogP contribution in [0.4, 0.5) is 0 Å². The average molecular weight is 229 g/mol. The van der Waals surface area contributed by atoms with Crippen LogP contribution in [0, 0.1) is 0 Å². The van der Waals surface area contributed by atoms with Crippen LogP contribution in [0.25, 0.3) is 22.1 Å². The van der Waals surface area contributed by atoms with E-state index in [0.717, 1.165) is 16.3 Å². The Labute approximate surface area is 95.2 Å². The largest absolute Gasteiger partial charge is 0.265 e. The summed E-state index contributed by atoms with van der Waals surface area (Å²) in [6, 6.07) is 3.87. The fraction of sp³-hybridized carbons (Fsp3) is 0. The van der Waals surface area contributed by atoms with Crippen LogP contribution in [0.1, 0.15) is 0 Å². The quantitative estimate of drug-likeness (QED) is 0.729. The molecule has 0 bridgehead atoms. The zero-order valence-electron chi connectivity index (χ0n) is 8.16. The molecule has 0 spiro atoms. The van der Waals surface area contributed by atoms with Gasteiger partial charge in [0.2, 0.25) is 0 Å². The first-order valence-corrected chi connectivity index (χ1v) is 5.53. The predicted octanol–water partition coefficient (Wildman–Crippen LogP) is 1.99. The van der Waals surface area contributed by atoms with Crippen molar-refractivity contribution in [1.82, 2.24) is 25.1 Å². The first-order chi connectivity index (χ1) is 7.93. The Morgan fingerprint density at radius 3 is 2.81 bits per heavy atom. The van der Waals surface area contributed by atoms with Crippen LogP contribution in [0.3, 0.4) is 0 Å². The Bertz CT molecular complexity index is 572. The summed E-state index contributed by atoms with van der Waals surface area (Å²) in [5, 5.41) is 9.50. The highest BCUT2D eigenvalue weighted by atomic mass is 32.1. The van der Waals surface area contributed by atoms with Gasteiger partial charge < -0.3 is 0 Å². The molecule has 0 fully saturated rings. The zero-order valence-corrected chi connectivity index (χ0v) is 8.98. The number of rotatable bonds is 2. The Kier molecular flexibility index (Phi) is 2.19. The van der Waals surface area contributed by atoms with E-state index in [4.69, 9.17) is 0 Å². The molecule has 0 aliphatic heterocycles. The van der Waals surface area contributed by atoms with Gasteiger partial charge in [-0.25, -0.2) is 9.97 Å². The summed E-state index contributed by atoms with van der Waals surface area (Å²) in [4.78, 5) is 12.5. The Balaban J connectivity index is 2.00.